The molecule has 2 heteroatoms. The molecule has 1 rings (SSSR count). The summed E-state index contributed by atoms with van der Waals surface area (Å²) in [6, 6.07) is 6.37. The van der Waals surface area contributed by atoms with Gasteiger partial charge in [-0.25, -0.2) is 0 Å². The molecule has 0 saturated heterocycles. The third-order valence-electron chi connectivity index (χ3n) is 3.11. The van der Waals surface area contributed by atoms with Crippen molar-refractivity contribution in [2.24, 2.45) is 0 Å². The molecule has 108 valence electrons. The molecule has 0 heterocycles. The van der Waals surface area contributed by atoms with Gasteiger partial charge in [0.15, 0.2) is 0 Å². The highest BCUT2D eigenvalue weighted by atomic mass is 16.5. The lowest BCUT2D eigenvalue weighted by molar-refractivity contribution is 0.204. The first-order chi connectivity index (χ1) is 8.78. The first kappa shape index (κ1) is 16.0. The van der Waals surface area contributed by atoms with Crippen LogP contribution in [0.1, 0.15) is 51.7 Å². The molecule has 0 bridgehead atoms. The SMILES string of the molecule is Cc1ccc(C)c(OC(C)CCCNC(C)(C)C)c1. The predicted molar refractivity (Wildman–Crippen MR) is 83.0 cm³/mol. The Balaban J connectivity index is 2.35. The van der Waals surface area contributed by atoms with E-state index in [4.69, 9.17) is 4.74 Å². The van der Waals surface area contributed by atoms with Crippen LogP contribution in [0.2, 0.25) is 0 Å². The summed E-state index contributed by atoms with van der Waals surface area (Å²) in [5, 5.41) is 3.51. The van der Waals surface area contributed by atoms with Gasteiger partial charge in [-0.1, -0.05) is 12.1 Å². The minimum atomic E-state index is 0.206. The van der Waals surface area contributed by atoms with E-state index in [1.54, 1.807) is 0 Å². The Kier molecular flexibility index (Phi) is 5.86. The fourth-order valence-electron chi connectivity index (χ4n) is 1.96. The van der Waals surface area contributed by atoms with Crippen molar-refractivity contribution in [1.82, 2.24) is 5.32 Å². The van der Waals surface area contributed by atoms with E-state index in [2.05, 4.69) is 65.1 Å². The minimum absolute atomic E-state index is 0.206. The van der Waals surface area contributed by atoms with Gasteiger partial charge in [0, 0.05) is 5.54 Å². The average molecular weight is 263 g/mol. The largest absolute Gasteiger partial charge is 0.490 e. The van der Waals surface area contributed by atoms with Crippen LogP contribution < -0.4 is 10.1 Å². The lowest BCUT2D eigenvalue weighted by atomic mass is 10.1. The van der Waals surface area contributed by atoms with Crippen molar-refractivity contribution in [2.75, 3.05) is 6.54 Å². The number of hydrogen-bond acceptors (Lipinski definition) is 2. The Morgan fingerprint density at radius 3 is 2.53 bits per heavy atom. The Labute approximate surface area is 118 Å². The first-order valence-corrected chi connectivity index (χ1v) is 7.27. The van der Waals surface area contributed by atoms with Gasteiger partial charge in [0.25, 0.3) is 0 Å². The van der Waals surface area contributed by atoms with Gasteiger partial charge in [0.1, 0.15) is 5.75 Å². The Morgan fingerprint density at radius 1 is 1.21 bits per heavy atom. The van der Waals surface area contributed by atoms with E-state index in [0.29, 0.717) is 0 Å². The average Bonchev–Trinajstić information content (AvgIpc) is 2.28. The lowest BCUT2D eigenvalue weighted by Gasteiger charge is -2.21. The van der Waals surface area contributed by atoms with Crippen molar-refractivity contribution < 1.29 is 4.74 Å². The number of nitrogens with one attached hydrogen (secondary N) is 1. The molecule has 1 aromatic rings. The minimum Gasteiger partial charge on any atom is -0.490 e. The third kappa shape index (κ3) is 6.63. The summed E-state index contributed by atoms with van der Waals surface area (Å²) in [5.41, 5.74) is 2.67. The van der Waals surface area contributed by atoms with E-state index in [1.807, 2.05) is 0 Å². The van der Waals surface area contributed by atoms with Gasteiger partial charge in [0.05, 0.1) is 6.10 Å². The quantitative estimate of drug-likeness (QED) is 0.775. The van der Waals surface area contributed by atoms with Gasteiger partial charge in [-0.15, -0.1) is 0 Å². The van der Waals surface area contributed by atoms with E-state index in [9.17, 15) is 0 Å². The molecule has 0 amide bonds. The summed E-state index contributed by atoms with van der Waals surface area (Å²) in [5.74, 6) is 1.02. The first-order valence-electron chi connectivity index (χ1n) is 7.27. The zero-order chi connectivity index (χ0) is 14.5. The maximum atomic E-state index is 6.03. The molecule has 0 aliphatic rings. The lowest BCUT2D eigenvalue weighted by Crippen LogP contribution is -2.36. The Hall–Kier alpha value is -1.02. The van der Waals surface area contributed by atoms with E-state index in [0.717, 1.165) is 25.1 Å². The maximum Gasteiger partial charge on any atom is 0.122 e. The zero-order valence-electron chi connectivity index (χ0n) is 13.3. The van der Waals surface area contributed by atoms with E-state index < -0.39 is 0 Å². The number of rotatable bonds is 6. The highest BCUT2D eigenvalue weighted by Gasteiger charge is 2.10. The van der Waals surface area contributed by atoms with Crippen LogP contribution >= 0.6 is 0 Å². The second-order valence-electron chi connectivity index (χ2n) is 6.52. The number of ether oxygens (including phenoxy) is 1. The molecule has 1 unspecified atom stereocenters. The van der Waals surface area contributed by atoms with Crippen LogP contribution in [0, 0.1) is 13.8 Å². The van der Waals surface area contributed by atoms with E-state index in [1.165, 1.54) is 11.1 Å². The molecular formula is C17H29NO. The van der Waals surface area contributed by atoms with Gasteiger partial charge in [-0.3, -0.25) is 0 Å². The molecule has 1 N–H and O–H groups in total. The molecule has 0 saturated carbocycles. The van der Waals surface area contributed by atoms with Gasteiger partial charge in [0.2, 0.25) is 0 Å². The van der Waals surface area contributed by atoms with Crippen LogP contribution in [0.3, 0.4) is 0 Å². The molecule has 1 atom stereocenters. The van der Waals surface area contributed by atoms with Crippen molar-refractivity contribution >= 4 is 0 Å². The molecule has 0 spiro atoms. The topological polar surface area (TPSA) is 21.3 Å². The smallest absolute Gasteiger partial charge is 0.122 e. The van der Waals surface area contributed by atoms with Gasteiger partial charge in [-0.05, 0) is 78.1 Å². The third-order valence-corrected chi connectivity index (χ3v) is 3.11. The number of hydrogen-bond donors (Lipinski definition) is 1. The standard InChI is InChI=1S/C17H29NO/c1-13-9-10-14(2)16(12-13)19-15(3)8-7-11-18-17(4,5)6/h9-10,12,15,18H,7-8,11H2,1-6H3. The van der Waals surface area contributed by atoms with Crippen LogP contribution in [0.5, 0.6) is 5.75 Å². The summed E-state index contributed by atoms with van der Waals surface area (Å²) in [6.07, 6.45) is 2.49. The van der Waals surface area contributed by atoms with E-state index in [-0.39, 0.29) is 11.6 Å². The van der Waals surface area contributed by atoms with Gasteiger partial charge < -0.3 is 10.1 Å². The number of benzene rings is 1. The summed E-state index contributed by atoms with van der Waals surface area (Å²) in [4.78, 5) is 0. The highest BCUT2D eigenvalue weighted by molar-refractivity contribution is 5.36. The van der Waals surface area contributed by atoms with Crippen LogP contribution in [0.4, 0.5) is 0 Å². The fourth-order valence-corrected chi connectivity index (χ4v) is 1.96. The molecule has 0 aliphatic carbocycles. The van der Waals surface area contributed by atoms with Gasteiger partial charge >= 0.3 is 0 Å². The van der Waals surface area contributed by atoms with Crippen LogP contribution in [0.25, 0.3) is 0 Å². The summed E-state index contributed by atoms with van der Waals surface area (Å²) >= 11 is 0. The molecule has 19 heavy (non-hydrogen) atoms. The normalized spacial score (nSPS) is 13.4. The summed E-state index contributed by atoms with van der Waals surface area (Å²) in [6.45, 7) is 14.0. The Morgan fingerprint density at radius 2 is 1.89 bits per heavy atom. The van der Waals surface area contributed by atoms with Crippen molar-refractivity contribution in [3.05, 3.63) is 29.3 Å². The fraction of sp³-hybridized carbons (Fsp3) is 0.647. The molecule has 2 nitrogen and oxygen atoms in total. The second kappa shape index (κ2) is 6.95. The van der Waals surface area contributed by atoms with Crippen molar-refractivity contribution in [1.29, 1.82) is 0 Å². The number of aryl methyl sites for hydroxylation is 2. The predicted octanol–water partition coefficient (Wildman–Crippen LogP) is 4.24. The summed E-state index contributed by atoms with van der Waals surface area (Å²) in [7, 11) is 0. The monoisotopic (exact) mass is 263 g/mol. The van der Waals surface area contributed by atoms with E-state index >= 15 is 0 Å². The Bertz CT molecular complexity index is 393. The highest BCUT2D eigenvalue weighted by Crippen LogP contribution is 2.21. The van der Waals surface area contributed by atoms with Crippen LogP contribution in [-0.2, 0) is 0 Å². The second-order valence-corrected chi connectivity index (χ2v) is 6.52. The van der Waals surface area contributed by atoms with Crippen LogP contribution in [-0.4, -0.2) is 18.2 Å². The molecule has 0 fully saturated rings. The molecule has 0 aliphatic heterocycles. The van der Waals surface area contributed by atoms with Crippen molar-refractivity contribution in [2.45, 2.75) is 66.0 Å². The summed E-state index contributed by atoms with van der Waals surface area (Å²) < 4.78 is 6.03. The molecular weight excluding hydrogens is 234 g/mol. The molecule has 0 radical (unpaired) electrons. The van der Waals surface area contributed by atoms with Crippen LogP contribution in [0.15, 0.2) is 18.2 Å². The maximum absolute atomic E-state index is 6.03. The van der Waals surface area contributed by atoms with Gasteiger partial charge in [-0.2, -0.15) is 0 Å². The van der Waals surface area contributed by atoms with Crippen molar-refractivity contribution in [3.8, 4) is 5.75 Å². The van der Waals surface area contributed by atoms with Crippen molar-refractivity contribution in [3.63, 3.8) is 0 Å². The molecule has 0 aromatic heterocycles. The molecule has 1 aromatic carbocycles. The zero-order valence-corrected chi connectivity index (χ0v) is 13.3.